The Morgan fingerprint density at radius 3 is 2.64 bits per heavy atom. The molecular weight excluding hydrogens is 512 g/mol. The van der Waals surface area contributed by atoms with Gasteiger partial charge in [0.25, 0.3) is 0 Å². The monoisotopic (exact) mass is 542 g/mol. The van der Waals surface area contributed by atoms with Gasteiger partial charge in [0, 0.05) is 30.1 Å². The van der Waals surface area contributed by atoms with E-state index in [0.717, 1.165) is 48.8 Å². The Bertz CT molecular complexity index is 1030. The molecule has 0 saturated carbocycles. The average Bonchev–Trinajstić information content (AvgIpc) is 3.21. The average molecular weight is 543 g/mol. The number of thiocarbonyl (C=S) groups is 1. The van der Waals surface area contributed by atoms with E-state index in [2.05, 4.69) is 17.0 Å². The van der Waals surface area contributed by atoms with Crippen LogP contribution in [0.3, 0.4) is 0 Å². The smallest absolute Gasteiger partial charge is 0.428 e. The van der Waals surface area contributed by atoms with E-state index in [1.165, 1.54) is 18.2 Å². The van der Waals surface area contributed by atoms with Crippen molar-refractivity contribution in [2.24, 2.45) is 5.10 Å². The molecule has 0 radical (unpaired) electrons. The Balaban J connectivity index is 1.77. The Labute approximate surface area is 218 Å². The molecule has 1 heterocycles. The van der Waals surface area contributed by atoms with Gasteiger partial charge in [-0.2, -0.15) is 17.6 Å². The second-order valence-corrected chi connectivity index (χ2v) is 9.73. The second-order valence-electron chi connectivity index (χ2n) is 8.35. The van der Waals surface area contributed by atoms with Crippen molar-refractivity contribution in [3.8, 4) is 5.75 Å². The number of unbranched alkanes of at least 4 members (excludes halogenated alkanes) is 3. The van der Waals surface area contributed by atoms with E-state index in [1.807, 2.05) is 47.2 Å². The maximum Gasteiger partial charge on any atom is 0.461 e. The minimum atomic E-state index is -4.59. The van der Waals surface area contributed by atoms with Gasteiger partial charge >= 0.3 is 12.5 Å². The Kier molecular flexibility index (Phi) is 10.2. The first-order valence-corrected chi connectivity index (χ1v) is 13.2. The number of nitrogens with one attached hydrogen (secondary N) is 1. The third-order valence-corrected chi connectivity index (χ3v) is 6.88. The van der Waals surface area contributed by atoms with Gasteiger partial charge in [-0.1, -0.05) is 62.2 Å². The fourth-order valence-electron chi connectivity index (χ4n) is 3.54. The van der Waals surface area contributed by atoms with Crippen molar-refractivity contribution in [1.82, 2.24) is 4.90 Å². The highest BCUT2D eigenvalue weighted by molar-refractivity contribution is 8.14. The summed E-state index contributed by atoms with van der Waals surface area (Å²) in [5, 5.41) is 11.0. The number of amidine groups is 1. The summed E-state index contributed by atoms with van der Waals surface area (Å²) in [5.74, 6) is 0.372. The number of alkyl halides is 4. The van der Waals surface area contributed by atoms with Gasteiger partial charge in [0.05, 0.1) is 5.69 Å². The van der Waals surface area contributed by atoms with Crippen LogP contribution in [-0.4, -0.2) is 46.1 Å². The van der Waals surface area contributed by atoms with Crippen molar-refractivity contribution >= 4 is 45.6 Å². The molecule has 1 unspecified atom stereocenters. The summed E-state index contributed by atoms with van der Waals surface area (Å²) in [6, 6.07) is 15.3. The van der Waals surface area contributed by atoms with Crippen LogP contribution in [-0.2, 0) is 0 Å². The van der Waals surface area contributed by atoms with Gasteiger partial charge in [-0.05, 0) is 49.8 Å². The molecule has 3 rings (SSSR count). The number of hydrogen-bond acceptors (Lipinski definition) is 5. The SMILES string of the molecule is CCCCCCN(N=C1SCC(C)N1C(=S)Nc1cccc(OC(F)(F)C(F)F)c1)c1ccccc1. The lowest BCUT2D eigenvalue weighted by molar-refractivity contribution is -0.253. The highest BCUT2D eigenvalue weighted by Crippen LogP contribution is 2.30. The van der Waals surface area contributed by atoms with E-state index in [0.29, 0.717) is 10.8 Å². The predicted octanol–water partition coefficient (Wildman–Crippen LogP) is 7.42. The Morgan fingerprint density at radius 1 is 1.19 bits per heavy atom. The van der Waals surface area contributed by atoms with Crippen molar-refractivity contribution in [2.45, 2.75) is 58.1 Å². The quantitative estimate of drug-likeness (QED) is 0.138. The molecule has 0 aliphatic carbocycles. The Morgan fingerprint density at radius 2 is 1.94 bits per heavy atom. The van der Waals surface area contributed by atoms with E-state index in [-0.39, 0.29) is 6.04 Å². The fraction of sp³-hybridized carbons (Fsp3) is 0.440. The first-order valence-electron chi connectivity index (χ1n) is 11.8. The van der Waals surface area contributed by atoms with Gasteiger partial charge in [-0.15, -0.1) is 5.10 Å². The topological polar surface area (TPSA) is 40.1 Å². The molecule has 11 heteroatoms. The second kappa shape index (κ2) is 13.1. The molecule has 1 aliphatic heterocycles. The number of nitrogens with zero attached hydrogens (tertiary/aromatic N) is 3. The van der Waals surface area contributed by atoms with Crippen molar-refractivity contribution in [3.63, 3.8) is 0 Å². The van der Waals surface area contributed by atoms with E-state index in [4.69, 9.17) is 17.3 Å². The summed E-state index contributed by atoms with van der Waals surface area (Å²) in [5.41, 5.74) is 1.32. The van der Waals surface area contributed by atoms with Crippen LogP contribution < -0.4 is 15.1 Å². The molecule has 1 atom stereocenters. The molecular formula is C25H30F4N4OS2. The zero-order valence-electron chi connectivity index (χ0n) is 20.2. The molecule has 1 N–H and O–H groups in total. The highest BCUT2D eigenvalue weighted by atomic mass is 32.2. The number of halogens is 4. The highest BCUT2D eigenvalue weighted by Gasteiger charge is 2.44. The van der Waals surface area contributed by atoms with Gasteiger partial charge < -0.3 is 10.1 Å². The fourth-order valence-corrected chi connectivity index (χ4v) is 5.09. The van der Waals surface area contributed by atoms with E-state index in [1.54, 1.807) is 17.8 Å². The number of benzene rings is 2. The molecule has 0 spiro atoms. The maximum atomic E-state index is 13.3. The molecule has 1 aliphatic rings. The lowest BCUT2D eigenvalue weighted by Gasteiger charge is -2.27. The van der Waals surface area contributed by atoms with Crippen LogP contribution in [0.4, 0.5) is 28.9 Å². The third-order valence-electron chi connectivity index (χ3n) is 5.40. The number of hydrogen-bond donors (Lipinski definition) is 1. The lowest BCUT2D eigenvalue weighted by Crippen LogP contribution is -2.41. The molecule has 5 nitrogen and oxygen atoms in total. The number of thioether (sulfide) groups is 1. The van der Waals surface area contributed by atoms with Crippen LogP contribution in [0.2, 0.25) is 0 Å². The summed E-state index contributed by atoms with van der Waals surface area (Å²) in [6.45, 7) is 4.94. The van der Waals surface area contributed by atoms with Gasteiger partial charge in [0.1, 0.15) is 5.75 Å². The summed E-state index contributed by atoms with van der Waals surface area (Å²) >= 11 is 7.21. The third kappa shape index (κ3) is 7.73. The zero-order chi connectivity index (χ0) is 26.1. The van der Waals surface area contributed by atoms with Gasteiger partial charge in [-0.3, -0.25) is 9.91 Å². The summed E-state index contributed by atoms with van der Waals surface area (Å²) in [4.78, 5) is 1.88. The Hall–Kier alpha value is -2.53. The van der Waals surface area contributed by atoms with Crippen molar-refractivity contribution in [1.29, 1.82) is 0 Å². The molecule has 0 aromatic heterocycles. The standard InChI is InChI=1S/C25H30F4N4OS2/c1-3-4-5-9-15-32(20-12-7-6-8-13-20)31-24-33(18(2)17-36-24)23(35)30-19-11-10-14-21(16-19)34-25(28,29)22(26)27/h6-8,10-14,16,18,22H,3-5,9,15,17H2,1-2H3,(H,30,35). The minimum Gasteiger partial charge on any atom is -0.428 e. The zero-order valence-corrected chi connectivity index (χ0v) is 21.8. The maximum absolute atomic E-state index is 13.3. The number of ether oxygens (including phenoxy) is 1. The minimum absolute atomic E-state index is 0.0362. The van der Waals surface area contributed by atoms with E-state index < -0.39 is 18.3 Å². The normalized spacial score (nSPS) is 17.0. The number of rotatable bonds is 11. The van der Waals surface area contributed by atoms with Gasteiger partial charge in [-0.25, -0.2) is 0 Å². The van der Waals surface area contributed by atoms with Crippen molar-refractivity contribution < 1.29 is 22.3 Å². The number of hydrazone groups is 1. The number of anilines is 2. The van der Waals surface area contributed by atoms with Crippen LogP contribution in [0.5, 0.6) is 5.75 Å². The van der Waals surface area contributed by atoms with Crippen LogP contribution in [0.15, 0.2) is 59.7 Å². The van der Waals surface area contributed by atoms with Crippen LogP contribution in [0.25, 0.3) is 0 Å². The molecule has 1 saturated heterocycles. The first kappa shape index (κ1) is 28.0. The first-order chi connectivity index (χ1) is 17.2. The van der Waals surface area contributed by atoms with Crippen molar-refractivity contribution in [2.75, 3.05) is 22.6 Å². The van der Waals surface area contributed by atoms with Crippen LogP contribution >= 0.6 is 24.0 Å². The van der Waals surface area contributed by atoms with Crippen LogP contribution in [0.1, 0.15) is 39.5 Å². The summed E-state index contributed by atoms with van der Waals surface area (Å²) in [7, 11) is 0. The largest absolute Gasteiger partial charge is 0.461 e. The molecule has 0 bridgehead atoms. The lowest BCUT2D eigenvalue weighted by atomic mass is 10.2. The predicted molar refractivity (Wildman–Crippen MR) is 143 cm³/mol. The molecule has 2 aromatic carbocycles. The molecule has 2 aromatic rings. The molecule has 0 amide bonds. The van der Waals surface area contributed by atoms with Gasteiger partial charge in [0.2, 0.25) is 0 Å². The van der Waals surface area contributed by atoms with E-state index in [9.17, 15) is 17.6 Å². The van der Waals surface area contributed by atoms with Crippen LogP contribution in [0, 0.1) is 0 Å². The molecule has 196 valence electrons. The van der Waals surface area contributed by atoms with E-state index >= 15 is 0 Å². The van der Waals surface area contributed by atoms with Crippen molar-refractivity contribution in [3.05, 3.63) is 54.6 Å². The number of para-hydroxylation sites is 1. The summed E-state index contributed by atoms with van der Waals surface area (Å²) < 4.78 is 55.8. The molecule has 1 fully saturated rings. The summed E-state index contributed by atoms with van der Waals surface area (Å²) in [6.07, 6.45) is -4.10. The van der Waals surface area contributed by atoms with Gasteiger partial charge in [0.15, 0.2) is 10.3 Å². The molecule has 36 heavy (non-hydrogen) atoms.